The molecule has 0 spiro atoms. The van der Waals surface area contributed by atoms with Crippen molar-refractivity contribution in [1.82, 2.24) is 9.97 Å². The number of carbonyl (C=O) groups excluding carboxylic acids is 2. The summed E-state index contributed by atoms with van der Waals surface area (Å²) in [5, 5.41) is 5.79. The summed E-state index contributed by atoms with van der Waals surface area (Å²) in [6, 6.07) is 12.8. The van der Waals surface area contributed by atoms with Crippen LogP contribution in [0.4, 0.5) is 26.0 Å². The molecule has 2 aromatic carbocycles. The summed E-state index contributed by atoms with van der Waals surface area (Å²) in [6.07, 6.45) is 3.89. The number of benzene rings is 2. The maximum Gasteiger partial charge on any atom is 0.240 e. The summed E-state index contributed by atoms with van der Waals surface area (Å²) in [4.78, 5) is 36.2. The maximum absolute atomic E-state index is 14.9. The molecular formula is C27H23F2N5O3. The highest BCUT2D eigenvalue weighted by Crippen LogP contribution is 2.47. The standard InChI is InChI=1S/C27H23F2N5O3/c1-34(2)24-14-22-19(15-31-24)23(9-12-30-22)37-18-7-8-21(20(29)13-18)33-26(36)27(10-11-27)25(35)32-17-5-3-16(28)4-6-17/h3-9,12-15H,10-11H2,1-2H3,(H,32,35)(H,33,36). The van der Waals surface area contributed by atoms with E-state index in [1.165, 1.54) is 36.4 Å². The Kier molecular flexibility index (Phi) is 6.16. The second kappa shape index (κ2) is 9.45. The van der Waals surface area contributed by atoms with Gasteiger partial charge in [0.25, 0.3) is 0 Å². The molecule has 1 aliphatic carbocycles. The Balaban J connectivity index is 1.29. The van der Waals surface area contributed by atoms with Crippen molar-refractivity contribution in [1.29, 1.82) is 0 Å². The fraction of sp³-hybridized carbons (Fsp3) is 0.185. The van der Waals surface area contributed by atoms with Crippen LogP contribution in [0, 0.1) is 17.0 Å². The summed E-state index contributed by atoms with van der Waals surface area (Å²) in [7, 11) is 3.75. The highest BCUT2D eigenvalue weighted by atomic mass is 19.1. The van der Waals surface area contributed by atoms with Crippen LogP contribution in [-0.4, -0.2) is 35.9 Å². The van der Waals surface area contributed by atoms with E-state index in [2.05, 4.69) is 20.6 Å². The van der Waals surface area contributed by atoms with E-state index >= 15 is 0 Å². The van der Waals surface area contributed by atoms with Gasteiger partial charge in [-0.05, 0) is 55.3 Å². The number of aromatic nitrogens is 2. The van der Waals surface area contributed by atoms with Crippen LogP contribution in [-0.2, 0) is 9.59 Å². The molecule has 10 heteroatoms. The summed E-state index contributed by atoms with van der Waals surface area (Å²) in [6.45, 7) is 0. The van der Waals surface area contributed by atoms with Crippen LogP contribution in [0.5, 0.6) is 11.5 Å². The number of carbonyl (C=O) groups is 2. The summed E-state index contributed by atoms with van der Waals surface area (Å²) in [5.74, 6) is -0.875. The number of ether oxygens (including phenoxy) is 1. The van der Waals surface area contributed by atoms with E-state index in [1.54, 1.807) is 18.5 Å². The molecule has 2 heterocycles. The molecular weight excluding hydrogens is 480 g/mol. The van der Waals surface area contributed by atoms with Crippen molar-refractivity contribution in [2.75, 3.05) is 29.6 Å². The van der Waals surface area contributed by atoms with Gasteiger partial charge >= 0.3 is 0 Å². The number of nitrogens with one attached hydrogen (secondary N) is 2. The number of rotatable bonds is 7. The van der Waals surface area contributed by atoms with Gasteiger partial charge in [0.05, 0.1) is 16.6 Å². The molecule has 1 aliphatic rings. The molecule has 37 heavy (non-hydrogen) atoms. The monoisotopic (exact) mass is 503 g/mol. The first-order valence-electron chi connectivity index (χ1n) is 11.5. The topological polar surface area (TPSA) is 96.5 Å². The number of hydrogen-bond donors (Lipinski definition) is 2. The quantitative estimate of drug-likeness (QED) is 0.340. The summed E-state index contributed by atoms with van der Waals surface area (Å²) < 4.78 is 33.9. The van der Waals surface area contributed by atoms with Gasteiger partial charge in [-0.3, -0.25) is 14.6 Å². The van der Waals surface area contributed by atoms with E-state index in [0.717, 1.165) is 11.9 Å². The van der Waals surface area contributed by atoms with Crippen molar-refractivity contribution >= 4 is 39.9 Å². The molecule has 2 amide bonds. The van der Waals surface area contributed by atoms with Gasteiger partial charge in [-0.2, -0.15) is 0 Å². The normalized spacial score (nSPS) is 13.6. The molecule has 188 valence electrons. The molecule has 2 aromatic heterocycles. The Morgan fingerprint density at radius 3 is 2.35 bits per heavy atom. The van der Waals surface area contributed by atoms with Crippen molar-refractivity contribution < 1.29 is 23.1 Å². The van der Waals surface area contributed by atoms with Crippen LogP contribution in [0.15, 0.2) is 67.0 Å². The number of fused-ring (bicyclic) bond motifs is 1. The Morgan fingerprint density at radius 1 is 0.946 bits per heavy atom. The third-order valence-electron chi connectivity index (χ3n) is 6.17. The zero-order valence-corrected chi connectivity index (χ0v) is 20.1. The number of nitrogens with zero attached hydrogens (tertiary/aromatic N) is 3. The molecule has 4 aromatic rings. The zero-order chi connectivity index (χ0) is 26.2. The van der Waals surface area contributed by atoms with Gasteiger partial charge in [0.2, 0.25) is 11.8 Å². The molecule has 0 radical (unpaired) electrons. The number of halogens is 2. The Bertz CT molecular complexity index is 1500. The minimum absolute atomic E-state index is 0.0740. The van der Waals surface area contributed by atoms with E-state index in [0.29, 0.717) is 35.2 Å². The lowest BCUT2D eigenvalue weighted by Crippen LogP contribution is -2.35. The molecule has 8 nitrogen and oxygen atoms in total. The van der Waals surface area contributed by atoms with Crippen LogP contribution in [0.1, 0.15) is 12.8 Å². The van der Waals surface area contributed by atoms with Crippen molar-refractivity contribution in [3.8, 4) is 11.5 Å². The third kappa shape index (κ3) is 4.90. The van der Waals surface area contributed by atoms with Gasteiger partial charge in [-0.15, -0.1) is 0 Å². The molecule has 0 bridgehead atoms. The molecule has 1 fully saturated rings. The lowest BCUT2D eigenvalue weighted by atomic mass is 10.0. The van der Waals surface area contributed by atoms with Gasteiger partial charge in [0.1, 0.15) is 34.4 Å². The Morgan fingerprint density at radius 2 is 1.68 bits per heavy atom. The number of hydrogen-bond acceptors (Lipinski definition) is 6. The molecule has 0 aliphatic heterocycles. The average Bonchev–Trinajstić information content (AvgIpc) is 3.69. The minimum atomic E-state index is -1.30. The number of pyridine rings is 2. The molecule has 5 rings (SSSR count). The number of amides is 2. The van der Waals surface area contributed by atoms with Gasteiger partial charge in [-0.1, -0.05) is 0 Å². The highest BCUT2D eigenvalue weighted by Gasteiger charge is 2.56. The van der Waals surface area contributed by atoms with Gasteiger partial charge < -0.3 is 20.3 Å². The minimum Gasteiger partial charge on any atom is -0.456 e. The summed E-state index contributed by atoms with van der Waals surface area (Å²) >= 11 is 0. The third-order valence-corrected chi connectivity index (χ3v) is 6.17. The lowest BCUT2D eigenvalue weighted by Gasteiger charge is -2.16. The number of anilines is 3. The van der Waals surface area contributed by atoms with Crippen LogP contribution in [0.3, 0.4) is 0 Å². The second-order valence-electron chi connectivity index (χ2n) is 9.00. The van der Waals surface area contributed by atoms with Crippen molar-refractivity contribution in [2.45, 2.75) is 12.8 Å². The Labute approximate surface area is 211 Å². The predicted molar refractivity (Wildman–Crippen MR) is 136 cm³/mol. The van der Waals surface area contributed by atoms with Gasteiger partial charge in [0, 0.05) is 44.3 Å². The van der Waals surface area contributed by atoms with Gasteiger partial charge in [-0.25, -0.2) is 13.8 Å². The van der Waals surface area contributed by atoms with Gasteiger partial charge in [0.15, 0.2) is 0 Å². The first-order chi connectivity index (χ1) is 17.7. The van der Waals surface area contributed by atoms with Crippen LogP contribution < -0.4 is 20.3 Å². The largest absolute Gasteiger partial charge is 0.456 e. The summed E-state index contributed by atoms with van der Waals surface area (Å²) in [5.41, 5.74) is -0.330. The van der Waals surface area contributed by atoms with Crippen LogP contribution in [0.25, 0.3) is 10.9 Å². The SMILES string of the molecule is CN(C)c1cc2nccc(Oc3ccc(NC(=O)C4(C(=O)Nc5ccc(F)cc5)CC4)c(F)c3)c2cn1. The van der Waals surface area contributed by atoms with E-state index in [1.807, 2.05) is 25.1 Å². The Hall–Kier alpha value is -4.60. The van der Waals surface area contributed by atoms with E-state index in [-0.39, 0.29) is 11.4 Å². The molecule has 0 unspecified atom stereocenters. The van der Waals surface area contributed by atoms with Crippen molar-refractivity contribution in [3.63, 3.8) is 0 Å². The van der Waals surface area contributed by atoms with Crippen LogP contribution >= 0.6 is 0 Å². The van der Waals surface area contributed by atoms with E-state index in [9.17, 15) is 18.4 Å². The van der Waals surface area contributed by atoms with Crippen molar-refractivity contribution in [2.24, 2.45) is 5.41 Å². The van der Waals surface area contributed by atoms with E-state index in [4.69, 9.17) is 4.74 Å². The first-order valence-corrected chi connectivity index (χ1v) is 11.5. The molecule has 1 saturated carbocycles. The highest BCUT2D eigenvalue weighted by molar-refractivity contribution is 6.16. The molecule has 2 N–H and O–H groups in total. The maximum atomic E-state index is 14.9. The smallest absolute Gasteiger partial charge is 0.240 e. The zero-order valence-electron chi connectivity index (χ0n) is 20.1. The van der Waals surface area contributed by atoms with E-state index < -0.39 is 28.9 Å². The fourth-order valence-corrected chi connectivity index (χ4v) is 3.84. The second-order valence-corrected chi connectivity index (χ2v) is 9.00. The predicted octanol–water partition coefficient (Wildman–Crippen LogP) is 5.12. The fourth-order valence-electron chi connectivity index (χ4n) is 3.84. The van der Waals surface area contributed by atoms with Crippen LogP contribution in [0.2, 0.25) is 0 Å². The average molecular weight is 504 g/mol. The lowest BCUT2D eigenvalue weighted by molar-refractivity contribution is -0.131. The molecule has 0 saturated heterocycles. The molecule has 0 atom stereocenters. The van der Waals surface area contributed by atoms with Crippen molar-refractivity contribution in [3.05, 3.63) is 78.6 Å². The first kappa shape index (κ1) is 24.1.